The minimum Gasteiger partial charge on any atom is -0.387 e. The molecule has 134 valence electrons. The van der Waals surface area contributed by atoms with Crippen molar-refractivity contribution in [2.75, 3.05) is 19.6 Å². The van der Waals surface area contributed by atoms with Gasteiger partial charge >= 0.3 is 0 Å². The highest BCUT2D eigenvalue weighted by Gasteiger charge is 2.37. The van der Waals surface area contributed by atoms with Crippen LogP contribution in [0.25, 0.3) is 0 Å². The van der Waals surface area contributed by atoms with Crippen LogP contribution in [-0.2, 0) is 0 Å². The van der Waals surface area contributed by atoms with Crippen LogP contribution in [0.3, 0.4) is 0 Å². The van der Waals surface area contributed by atoms with Crippen molar-refractivity contribution in [2.24, 2.45) is 16.3 Å². The Morgan fingerprint density at radius 2 is 2.00 bits per heavy atom. The lowest BCUT2D eigenvalue weighted by molar-refractivity contribution is 0.111. The Morgan fingerprint density at radius 1 is 1.29 bits per heavy atom. The molecule has 1 aromatic rings. The Labute approximate surface area is 146 Å². The van der Waals surface area contributed by atoms with Gasteiger partial charge in [0.25, 0.3) is 0 Å². The first-order chi connectivity index (χ1) is 11.5. The molecule has 1 atom stereocenters. The fourth-order valence-corrected chi connectivity index (χ4v) is 3.45. The molecule has 5 heteroatoms. The first-order valence-electron chi connectivity index (χ1n) is 9.15. The zero-order chi connectivity index (χ0) is 17.4. The maximum Gasteiger partial charge on any atom is 0.191 e. The SMILES string of the molecule is CCNC(=NCC1(CC(C)C)CCC1)NCC(O)c1ccncc1. The Morgan fingerprint density at radius 3 is 2.54 bits per heavy atom. The molecule has 0 radical (unpaired) electrons. The molecule has 1 aliphatic carbocycles. The van der Waals surface area contributed by atoms with Crippen molar-refractivity contribution < 1.29 is 5.11 Å². The summed E-state index contributed by atoms with van der Waals surface area (Å²) in [5.41, 5.74) is 1.25. The topological polar surface area (TPSA) is 69.5 Å². The minimum atomic E-state index is -0.565. The molecule has 1 unspecified atom stereocenters. The molecule has 1 heterocycles. The Hall–Kier alpha value is -1.62. The molecular formula is C19H32N4O. The molecule has 1 fully saturated rings. The van der Waals surface area contributed by atoms with Crippen molar-refractivity contribution in [3.8, 4) is 0 Å². The number of guanidine groups is 1. The summed E-state index contributed by atoms with van der Waals surface area (Å²) < 4.78 is 0. The van der Waals surface area contributed by atoms with Gasteiger partial charge in [-0.15, -0.1) is 0 Å². The predicted molar refractivity (Wildman–Crippen MR) is 98.9 cm³/mol. The van der Waals surface area contributed by atoms with E-state index in [1.165, 1.54) is 25.7 Å². The fraction of sp³-hybridized carbons (Fsp3) is 0.684. The molecule has 5 nitrogen and oxygen atoms in total. The largest absolute Gasteiger partial charge is 0.387 e. The van der Waals surface area contributed by atoms with Crippen molar-refractivity contribution in [1.82, 2.24) is 15.6 Å². The van der Waals surface area contributed by atoms with Crippen LogP contribution >= 0.6 is 0 Å². The quantitative estimate of drug-likeness (QED) is 0.506. The molecule has 0 aromatic carbocycles. The third kappa shape index (κ3) is 5.48. The summed E-state index contributed by atoms with van der Waals surface area (Å²) in [5.74, 6) is 1.50. The van der Waals surface area contributed by atoms with Crippen LogP contribution in [0.15, 0.2) is 29.5 Å². The second kappa shape index (κ2) is 9.02. The van der Waals surface area contributed by atoms with Crippen molar-refractivity contribution in [2.45, 2.75) is 52.6 Å². The fourth-order valence-electron chi connectivity index (χ4n) is 3.45. The number of hydrogen-bond donors (Lipinski definition) is 3. The van der Waals surface area contributed by atoms with Gasteiger partial charge in [0.1, 0.15) is 0 Å². The molecule has 1 saturated carbocycles. The molecule has 0 bridgehead atoms. The monoisotopic (exact) mass is 332 g/mol. The van der Waals surface area contributed by atoms with Crippen molar-refractivity contribution in [3.63, 3.8) is 0 Å². The van der Waals surface area contributed by atoms with Crippen LogP contribution in [0.4, 0.5) is 0 Å². The Balaban J connectivity index is 1.91. The van der Waals surface area contributed by atoms with E-state index in [4.69, 9.17) is 4.99 Å². The van der Waals surface area contributed by atoms with Gasteiger partial charge in [0.2, 0.25) is 0 Å². The van der Waals surface area contributed by atoms with E-state index in [0.717, 1.165) is 24.6 Å². The standard InChI is InChI=1S/C19H32N4O/c1-4-21-18(22-13-17(24)16-6-10-20-11-7-16)23-14-19(8-5-9-19)12-15(2)3/h6-7,10-11,15,17,24H,4-5,8-9,12-14H2,1-3H3,(H2,21,22,23). The third-order valence-corrected chi connectivity index (χ3v) is 4.73. The van der Waals surface area contributed by atoms with Crippen LogP contribution < -0.4 is 10.6 Å². The molecule has 3 N–H and O–H groups in total. The van der Waals surface area contributed by atoms with E-state index in [0.29, 0.717) is 17.9 Å². The normalized spacial score (nSPS) is 18.1. The van der Waals surface area contributed by atoms with Gasteiger partial charge < -0.3 is 15.7 Å². The lowest BCUT2D eigenvalue weighted by Gasteiger charge is -2.42. The van der Waals surface area contributed by atoms with Crippen LogP contribution in [-0.4, -0.2) is 35.7 Å². The number of aliphatic hydroxyl groups excluding tert-OH is 1. The van der Waals surface area contributed by atoms with Gasteiger partial charge in [-0.2, -0.15) is 0 Å². The van der Waals surface area contributed by atoms with Crippen molar-refractivity contribution >= 4 is 5.96 Å². The van der Waals surface area contributed by atoms with Gasteiger partial charge in [0.15, 0.2) is 5.96 Å². The number of aromatic nitrogens is 1. The molecular weight excluding hydrogens is 300 g/mol. The summed E-state index contributed by atoms with van der Waals surface area (Å²) in [6.07, 6.45) is 7.98. The van der Waals surface area contributed by atoms with Gasteiger partial charge in [-0.3, -0.25) is 9.98 Å². The van der Waals surface area contributed by atoms with Crippen LogP contribution in [0, 0.1) is 11.3 Å². The first kappa shape index (κ1) is 18.7. The lowest BCUT2D eigenvalue weighted by atomic mass is 9.64. The van der Waals surface area contributed by atoms with Crippen LogP contribution in [0.1, 0.15) is 58.1 Å². The van der Waals surface area contributed by atoms with Crippen LogP contribution in [0.5, 0.6) is 0 Å². The molecule has 0 aliphatic heterocycles. The van der Waals surface area contributed by atoms with E-state index in [2.05, 4.69) is 36.4 Å². The predicted octanol–water partition coefficient (Wildman–Crippen LogP) is 2.89. The number of aliphatic hydroxyl groups is 1. The van der Waals surface area contributed by atoms with Gasteiger partial charge in [-0.05, 0) is 55.2 Å². The van der Waals surface area contributed by atoms with Crippen molar-refractivity contribution in [3.05, 3.63) is 30.1 Å². The highest BCUT2D eigenvalue weighted by atomic mass is 16.3. The first-order valence-corrected chi connectivity index (χ1v) is 9.15. The molecule has 0 amide bonds. The van der Waals surface area contributed by atoms with Gasteiger partial charge in [-0.1, -0.05) is 20.3 Å². The van der Waals surface area contributed by atoms with E-state index in [1.807, 2.05) is 12.1 Å². The van der Waals surface area contributed by atoms with Crippen molar-refractivity contribution in [1.29, 1.82) is 0 Å². The number of nitrogens with zero attached hydrogens (tertiary/aromatic N) is 2. The maximum atomic E-state index is 10.3. The maximum absolute atomic E-state index is 10.3. The summed E-state index contributed by atoms with van der Waals surface area (Å²) >= 11 is 0. The summed E-state index contributed by atoms with van der Waals surface area (Å²) in [6.45, 7) is 8.76. The van der Waals surface area contributed by atoms with Gasteiger partial charge in [0.05, 0.1) is 6.10 Å². The van der Waals surface area contributed by atoms with E-state index in [1.54, 1.807) is 12.4 Å². The average Bonchev–Trinajstić information content (AvgIpc) is 2.54. The minimum absolute atomic E-state index is 0.389. The number of rotatable bonds is 8. The highest BCUT2D eigenvalue weighted by Crippen LogP contribution is 2.46. The molecule has 24 heavy (non-hydrogen) atoms. The summed E-state index contributed by atoms with van der Waals surface area (Å²) in [6, 6.07) is 3.67. The van der Waals surface area contributed by atoms with E-state index in [9.17, 15) is 5.11 Å². The number of aliphatic imine (C=N–C) groups is 1. The zero-order valence-electron chi connectivity index (χ0n) is 15.3. The summed E-state index contributed by atoms with van der Waals surface area (Å²) in [5, 5.41) is 16.8. The van der Waals surface area contributed by atoms with E-state index >= 15 is 0 Å². The van der Waals surface area contributed by atoms with Gasteiger partial charge in [0, 0.05) is 32.0 Å². The molecule has 0 saturated heterocycles. The lowest BCUT2D eigenvalue weighted by Crippen LogP contribution is -2.41. The third-order valence-electron chi connectivity index (χ3n) is 4.73. The number of pyridine rings is 1. The van der Waals surface area contributed by atoms with Gasteiger partial charge in [-0.25, -0.2) is 0 Å². The molecule has 0 spiro atoms. The second-order valence-corrected chi connectivity index (χ2v) is 7.32. The molecule has 2 rings (SSSR count). The molecule has 1 aliphatic rings. The second-order valence-electron chi connectivity index (χ2n) is 7.32. The highest BCUT2D eigenvalue weighted by molar-refractivity contribution is 5.79. The van der Waals surface area contributed by atoms with Crippen LogP contribution in [0.2, 0.25) is 0 Å². The van der Waals surface area contributed by atoms with E-state index in [-0.39, 0.29) is 0 Å². The summed E-state index contributed by atoms with van der Waals surface area (Å²) in [7, 11) is 0. The van der Waals surface area contributed by atoms with E-state index < -0.39 is 6.10 Å². The average molecular weight is 332 g/mol. The zero-order valence-corrected chi connectivity index (χ0v) is 15.3. The molecule has 1 aromatic heterocycles. The Kier molecular flexibility index (Phi) is 7.03. The summed E-state index contributed by atoms with van der Waals surface area (Å²) in [4.78, 5) is 8.78. The smallest absolute Gasteiger partial charge is 0.191 e. The number of nitrogens with one attached hydrogen (secondary N) is 2. The number of hydrogen-bond acceptors (Lipinski definition) is 3. The Bertz CT molecular complexity index is 511.